The molecule has 3 fully saturated rings. The van der Waals surface area contributed by atoms with Crippen LogP contribution in [0, 0.1) is 0 Å². The number of hydrogen-bond donors (Lipinski definition) is 0. The summed E-state index contributed by atoms with van der Waals surface area (Å²) in [6, 6.07) is 0. The van der Waals surface area contributed by atoms with Gasteiger partial charge in [0, 0.05) is 19.3 Å². The van der Waals surface area contributed by atoms with Gasteiger partial charge < -0.3 is 14.2 Å². The van der Waals surface area contributed by atoms with Crippen molar-refractivity contribution in [3.63, 3.8) is 0 Å². The Morgan fingerprint density at radius 3 is 2.21 bits per heavy atom. The average molecular weight is 395 g/mol. The molecule has 1 aliphatic carbocycles. The lowest BCUT2D eigenvalue weighted by Crippen LogP contribution is -2.51. The van der Waals surface area contributed by atoms with E-state index in [-0.39, 0.29) is 12.1 Å². The van der Waals surface area contributed by atoms with E-state index in [1.807, 2.05) is 0 Å². The van der Waals surface area contributed by atoms with Crippen molar-refractivity contribution in [1.82, 2.24) is 0 Å². The molecule has 0 radical (unpaired) electrons. The van der Waals surface area contributed by atoms with Gasteiger partial charge in [0.1, 0.15) is 11.7 Å². The maximum absolute atomic E-state index is 12.1. The summed E-state index contributed by atoms with van der Waals surface area (Å²) in [4.78, 5) is 12.1. The number of carbonyl (C=O) groups excluding carboxylic acids is 1. The highest BCUT2D eigenvalue weighted by atomic mass is 16.8. The van der Waals surface area contributed by atoms with Crippen molar-refractivity contribution in [3.05, 3.63) is 0 Å². The van der Waals surface area contributed by atoms with Crippen LogP contribution in [0.15, 0.2) is 0 Å². The lowest BCUT2D eigenvalue weighted by atomic mass is 9.83. The zero-order valence-electron chi connectivity index (χ0n) is 18.1. The highest BCUT2D eigenvalue weighted by Gasteiger charge is 2.53. The van der Waals surface area contributed by atoms with Crippen molar-refractivity contribution < 1.29 is 19.0 Å². The molecule has 0 bridgehead atoms. The van der Waals surface area contributed by atoms with Gasteiger partial charge in [-0.25, -0.2) is 0 Å². The first-order valence-electron chi connectivity index (χ1n) is 12.2. The molecule has 0 amide bonds. The Morgan fingerprint density at radius 1 is 0.857 bits per heavy atom. The van der Waals surface area contributed by atoms with Crippen LogP contribution in [0.4, 0.5) is 0 Å². The molecule has 0 N–H and O–H groups in total. The second kappa shape index (κ2) is 11.0. The van der Waals surface area contributed by atoms with Gasteiger partial charge in [0.05, 0.1) is 6.61 Å². The Bertz CT molecular complexity index is 471. The summed E-state index contributed by atoms with van der Waals surface area (Å²) >= 11 is 0. The van der Waals surface area contributed by atoms with E-state index >= 15 is 0 Å². The molecule has 2 atom stereocenters. The van der Waals surface area contributed by atoms with Crippen LogP contribution in [0.2, 0.25) is 0 Å². The smallest absolute Gasteiger partial charge is 0.306 e. The Balaban J connectivity index is 1.45. The van der Waals surface area contributed by atoms with E-state index in [1.165, 1.54) is 70.6 Å². The molecule has 3 aliphatic rings. The second-order valence-corrected chi connectivity index (χ2v) is 9.36. The van der Waals surface area contributed by atoms with Crippen LogP contribution < -0.4 is 0 Å². The van der Waals surface area contributed by atoms with Crippen molar-refractivity contribution in [3.8, 4) is 0 Å². The second-order valence-electron chi connectivity index (χ2n) is 9.36. The molecule has 0 aromatic rings. The zero-order valence-corrected chi connectivity index (χ0v) is 18.1. The maximum atomic E-state index is 12.1. The van der Waals surface area contributed by atoms with E-state index in [2.05, 4.69) is 6.92 Å². The summed E-state index contributed by atoms with van der Waals surface area (Å²) in [5, 5.41) is 0. The van der Waals surface area contributed by atoms with Crippen molar-refractivity contribution in [2.45, 2.75) is 140 Å². The fourth-order valence-electron chi connectivity index (χ4n) is 5.33. The summed E-state index contributed by atoms with van der Waals surface area (Å²) in [5.41, 5.74) is -0.447. The van der Waals surface area contributed by atoms with Gasteiger partial charge in [-0.3, -0.25) is 4.79 Å². The lowest BCUT2D eigenvalue weighted by Gasteiger charge is -2.41. The molecular weight excluding hydrogens is 352 g/mol. The molecule has 2 saturated heterocycles. The molecule has 3 rings (SSSR count). The Morgan fingerprint density at radius 2 is 1.54 bits per heavy atom. The van der Waals surface area contributed by atoms with Crippen LogP contribution in [0.5, 0.6) is 0 Å². The minimum Gasteiger partial charge on any atom is -0.456 e. The van der Waals surface area contributed by atoms with Crippen LogP contribution in [0.3, 0.4) is 0 Å². The Hall–Kier alpha value is -0.610. The van der Waals surface area contributed by atoms with E-state index in [4.69, 9.17) is 14.2 Å². The minimum atomic E-state index is -0.447. The summed E-state index contributed by atoms with van der Waals surface area (Å²) in [6.07, 6.45) is 20.7. The number of unbranched alkanes of at least 4 members (excludes halogenated alkanes) is 8. The lowest BCUT2D eigenvalue weighted by molar-refractivity contribution is -0.223. The molecule has 4 heteroatoms. The molecule has 0 unspecified atom stereocenters. The number of cyclic esters (lactones) is 1. The first-order chi connectivity index (χ1) is 13.7. The molecule has 0 aromatic carbocycles. The predicted octanol–water partition coefficient (Wildman–Crippen LogP) is 6.45. The molecule has 162 valence electrons. The predicted molar refractivity (Wildman–Crippen MR) is 111 cm³/mol. The molecule has 2 heterocycles. The molecule has 0 aromatic heterocycles. The van der Waals surface area contributed by atoms with Gasteiger partial charge in [0.15, 0.2) is 5.79 Å². The summed E-state index contributed by atoms with van der Waals surface area (Å²) in [6.45, 7) is 2.85. The van der Waals surface area contributed by atoms with E-state index in [0.717, 1.165) is 38.5 Å². The van der Waals surface area contributed by atoms with Crippen LogP contribution in [-0.2, 0) is 19.0 Å². The largest absolute Gasteiger partial charge is 0.456 e. The van der Waals surface area contributed by atoms with Crippen LogP contribution in [0.1, 0.15) is 122 Å². The monoisotopic (exact) mass is 394 g/mol. The highest BCUT2D eigenvalue weighted by molar-refractivity contribution is 5.70. The van der Waals surface area contributed by atoms with E-state index < -0.39 is 11.4 Å². The van der Waals surface area contributed by atoms with Gasteiger partial charge in [-0.15, -0.1) is 0 Å². The molecule has 28 heavy (non-hydrogen) atoms. The van der Waals surface area contributed by atoms with Crippen molar-refractivity contribution >= 4 is 5.97 Å². The molecular formula is C24H42O4. The number of hydrogen-bond acceptors (Lipinski definition) is 4. The standard InChI is InChI=1S/C24H42O4/c1-2-3-4-5-6-7-8-9-11-16-23(17-14-15-22(25)28-23)21-20-26-24(27-21)18-12-10-13-19-24/h21H,2-20H2,1H3/t21-,23-/m1/s1. The summed E-state index contributed by atoms with van der Waals surface area (Å²) in [7, 11) is 0. The SMILES string of the molecule is CCCCCCCCCCC[C@]1([C@H]2COC3(CCCCC3)O2)CCCC(=O)O1. The minimum absolute atomic E-state index is 0.0460. The quantitative estimate of drug-likeness (QED) is 0.298. The van der Waals surface area contributed by atoms with Gasteiger partial charge in [-0.1, -0.05) is 64.7 Å². The van der Waals surface area contributed by atoms with Crippen molar-refractivity contribution in [1.29, 1.82) is 0 Å². The van der Waals surface area contributed by atoms with Gasteiger partial charge in [0.25, 0.3) is 0 Å². The average Bonchev–Trinajstić information content (AvgIpc) is 3.11. The Labute approximate surface area is 172 Å². The third kappa shape index (κ3) is 5.95. The maximum Gasteiger partial charge on any atom is 0.306 e. The van der Waals surface area contributed by atoms with E-state index in [1.54, 1.807) is 0 Å². The highest BCUT2D eigenvalue weighted by Crippen LogP contribution is 2.45. The van der Waals surface area contributed by atoms with Gasteiger partial charge >= 0.3 is 5.97 Å². The number of rotatable bonds is 11. The van der Waals surface area contributed by atoms with E-state index in [9.17, 15) is 4.79 Å². The van der Waals surface area contributed by atoms with Crippen LogP contribution >= 0.6 is 0 Å². The fraction of sp³-hybridized carbons (Fsp3) is 0.958. The number of esters is 1. The van der Waals surface area contributed by atoms with Gasteiger partial charge in [0.2, 0.25) is 0 Å². The first kappa shape index (κ1) is 22.1. The summed E-state index contributed by atoms with van der Waals surface area (Å²) in [5.74, 6) is -0.437. The molecule has 1 spiro atoms. The van der Waals surface area contributed by atoms with Gasteiger partial charge in [-0.2, -0.15) is 0 Å². The number of ether oxygens (including phenoxy) is 3. The first-order valence-corrected chi connectivity index (χ1v) is 12.2. The normalized spacial score (nSPS) is 29.9. The third-order valence-electron chi connectivity index (χ3n) is 7.06. The van der Waals surface area contributed by atoms with Crippen LogP contribution in [0.25, 0.3) is 0 Å². The molecule has 2 aliphatic heterocycles. The molecule has 4 nitrogen and oxygen atoms in total. The van der Waals surface area contributed by atoms with Crippen molar-refractivity contribution in [2.24, 2.45) is 0 Å². The van der Waals surface area contributed by atoms with Gasteiger partial charge in [-0.05, 0) is 38.5 Å². The van der Waals surface area contributed by atoms with Crippen molar-refractivity contribution in [2.75, 3.05) is 6.61 Å². The zero-order chi connectivity index (χ0) is 19.7. The third-order valence-corrected chi connectivity index (χ3v) is 7.06. The van der Waals surface area contributed by atoms with E-state index in [0.29, 0.717) is 13.0 Å². The van der Waals surface area contributed by atoms with Crippen LogP contribution in [-0.4, -0.2) is 30.1 Å². The Kier molecular flexibility index (Phi) is 8.65. The fourth-order valence-corrected chi connectivity index (χ4v) is 5.33. The molecule has 1 saturated carbocycles. The number of carbonyl (C=O) groups is 1. The summed E-state index contributed by atoms with van der Waals surface area (Å²) < 4.78 is 18.7. The topological polar surface area (TPSA) is 44.8 Å².